The highest BCUT2D eigenvalue weighted by atomic mass is 35.5. The van der Waals surface area contributed by atoms with Gasteiger partial charge in [0.05, 0.1) is 55.1 Å². The molecule has 0 saturated heterocycles. The molecular formula is C32H26ClFN4O5. The Balaban J connectivity index is 1.68. The van der Waals surface area contributed by atoms with E-state index in [0.717, 1.165) is 23.3 Å². The van der Waals surface area contributed by atoms with Gasteiger partial charge in [-0.15, -0.1) is 0 Å². The van der Waals surface area contributed by atoms with Gasteiger partial charge in [0.1, 0.15) is 29.1 Å². The van der Waals surface area contributed by atoms with E-state index < -0.39 is 17.3 Å². The number of benzene rings is 4. The van der Waals surface area contributed by atoms with Crippen LogP contribution in [0.4, 0.5) is 10.1 Å². The summed E-state index contributed by atoms with van der Waals surface area (Å²) in [5, 5.41) is 13.7. The summed E-state index contributed by atoms with van der Waals surface area (Å²) in [6.45, 7) is 0.291. The number of hydrogen-bond acceptors (Lipinski definition) is 7. The van der Waals surface area contributed by atoms with Crippen LogP contribution in [-0.2, 0) is 13.1 Å². The molecule has 4 aromatic carbocycles. The van der Waals surface area contributed by atoms with Gasteiger partial charge in [0.2, 0.25) is 0 Å². The molecule has 0 bridgehead atoms. The molecular weight excluding hydrogens is 575 g/mol. The Morgan fingerprint density at radius 1 is 1.00 bits per heavy atom. The van der Waals surface area contributed by atoms with Gasteiger partial charge in [0, 0.05) is 29.4 Å². The van der Waals surface area contributed by atoms with Crippen molar-refractivity contribution in [3.8, 4) is 23.3 Å². The maximum absolute atomic E-state index is 14.3. The molecule has 5 rings (SSSR count). The van der Waals surface area contributed by atoms with E-state index in [1.807, 2.05) is 0 Å². The second-order valence-electron chi connectivity index (χ2n) is 9.53. The Bertz CT molecular complexity index is 1940. The lowest BCUT2D eigenvalue weighted by atomic mass is 9.95. The van der Waals surface area contributed by atoms with E-state index in [4.69, 9.17) is 25.8 Å². The second-order valence-corrected chi connectivity index (χ2v) is 9.94. The normalized spacial score (nSPS) is 10.8. The number of hydrogen-bond donors (Lipinski definition) is 2. The lowest BCUT2D eigenvalue weighted by Crippen LogP contribution is -2.18. The standard InChI is InChI=1S/C32H26ClFN4O5/c1-41-21-8-4-18(5-9-21)17-38-30-24(15-35)29(31(39)23-12-20(34)7-11-25(23)33)26(14-27(30)37-32(38)40)36-16-19-6-10-22(42-2)13-28(19)43-3/h4-14,36H,16-17H2,1-3H3,(H,37,40). The zero-order valence-corrected chi connectivity index (χ0v) is 24.2. The van der Waals surface area contributed by atoms with E-state index in [2.05, 4.69) is 16.4 Å². The first-order chi connectivity index (χ1) is 20.8. The largest absolute Gasteiger partial charge is 0.497 e. The van der Waals surface area contributed by atoms with Gasteiger partial charge in [-0.1, -0.05) is 23.7 Å². The van der Waals surface area contributed by atoms with Gasteiger partial charge < -0.3 is 24.5 Å². The monoisotopic (exact) mass is 600 g/mol. The molecule has 0 aliphatic carbocycles. The van der Waals surface area contributed by atoms with Gasteiger partial charge in [-0.3, -0.25) is 9.36 Å². The van der Waals surface area contributed by atoms with Crippen LogP contribution in [0.2, 0.25) is 5.02 Å². The van der Waals surface area contributed by atoms with Crippen molar-refractivity contribution in [2.75, 3.05) is 26.6 Å². The third kappa shape index (κ3) is 5.76. The summed E-state index contributed by atoms with van der Waals surface area (Å²) in [6, 6.07) is 19.5. The van der Waals surface area contributed by atoms with Gasteiger partial charge >= 0.3 is 5.69 Å². The molecule has 0 radical (unpaired) electrons. The highest BCUT2D eigenvalue weighted by Crippen LogP contribution is 2.34. The number of rotatable bonds is 10. The SMILES string of the molecule is COc1ccc(Cn2c(=O)[nH]c3cc(NCc4ccc(OC)cc4OC)c(C(=O)c4cc(F)ccc4Cl)c(C#N)c32)cc1. The topological polar surface area (TPSA) is 118 Å². The lowest BCUT2D eigenvalue weighted by molar-refractivity contribution is 0.103. The summed E-state index contributed by atoms with van der Waals surface area (Å²) in [5.41, 5.74) is 1.58. The highest BCUT2D eigenvalue weighted by molar-refractivity contribution is 6.35. The average molecular weight is 601 g/mol. The summed E-state index contributed by atoms with van der Waals surface area (Å²) in [6.07, 6.45) is 0. The van der Waals surface area contributed by atoms with Crippen LogP contribution in [0.25, 0.3) is 11.0 Å². The molecule has 0 fully saturated rings. The maximum atomic E-state index is 14.3. The summed E-state index contributed by atoms with van der Waals surface area (Å²) >= 11 is 6.32. The summed E-state index contributed by atoms with van der Waals surface area (Å²) in [4.78, 5) is 30.0. The number of imidazole rings is 1. The second kappa shape index (κ2) is 12.3. The smallest absolute Gasteiger partial charge is 0.326 e. The molecule has 0 aliphatic heterocycles. The number of anilines is 1. The third-order valence-electron chi connectivity index (χ3n) is 7.03. The Labute approximate surface area is 251 Å². The Hall–Kier alpha value is -5.27. The number of fused-ring (bicyclic) bond motifs is 1. The van der Waals surface area contributed by atoms with Crippen molar-refractivity contribution in [2.45, 2.75) is 13.1 Å². The number of ketones is 1. The number of halogens is 2. The number of carbonyl (C=O) groups excluding carboxylic acids is 1. The number of H-pyrrole nitrogens is 1. The van der Waals surface area contributed by atoms with Gasteiger partial charge in [-0.05, 0) is 54.1 Å². The number of carbonyl (C=O) groups is 1. The van der Waals surface area contributed by atoms with Crippen molar-refractivity contribution in [3.63, 3.8) is 0 Å². The quantitative estimate of drug-likeness (QED) is 0.191. The van der Waals surface area contributed by atoms with Crippen LogP contribution in [0.3, 0.4) is 0 Å². The van der Waals surface area contributed by atoms with Crippen molar-refractivity contribution < 1.29 is 23.4 Å². The fourth-order valence-corrected chi connectivity index (χ4v) is 5.08. The van der Waals surface area contributed by atoms with Gasteiger partial charge in [0.25, 0.3) is 0 Å². The number of nitriles is 1. The van der Waals surface area contributed by atoms with E-state index in [-0.39, 0.29) is 46.0 Å². The van der Waals surface area contributed by atoms with Gasteiger partial charge in [-0.25, -0.2) is 9.18 Å². The number of methoxy groups -OCH3 is 3. The number of nitrogens with zero attached hydrogens (tertiary/aromatic N) is 2. The zero-order chi connectivity index (χ0) is 30.7. The Morgan fingerprint density at radius 3 is 2.40 bits per heavy atom. The molecule has 0 saturated carbocycles. The molecule has 0 unspecified atom stereocenters. The summed E-state index contributed by atoms with van der Waals surface area (Å²) < 4.78 is 31.6. The van der Waals surface area contributed by atoms with E-state index in [9.17, 15) is 19.2 Å². The van der Waals surface area contributed by atoms with Crippen LogP contribution in [0.5, 0.6) is 17.2 Å². The number of ether oxygens (including phenoxy) is 3. The van der Waals surface area contributed by atoms with Crippen LogP contribution in [0.15, 0.2) is 71.5 Å². The summed E-state index contributed by atoms with van der Waals surface area (Å²) in [7, 11) is 4.62. The zero-order valence-electron chi connectivity index (χ0n) is 23.5. The van der Waals surface area contributed by atoms with Crippen molar-refractivity contribution in [1.29, 1.82) is 5.26 Å². The fraction of sp³-hybridized carbons (Fsp3) is 0.156. The molecule has 0 spiro atoms. The van der Waals surface area contributed by atoms with Crippen molar-refractivity contribution in [1.82, 2.24) is 9.55 Å². The minimum atomic E-state index is -0.684. The minimum absolute atomic E-state index is 0.0165. The van der Waals surface area contributed by atoms with Gasteiger partial charge in [0.15, 0.2) is 5.78 Å². The molecule has 0 aliphatic rings. The van der Waals surface area contributed by atoms with Crippen molar-refractivity contribution >= 4 is 34.1 Å². The molecule has 0 amide bonds. The van der Waals surface area contributed by atoms with E-state index in [1.54, 1.807) is 62.8 Å². The molecule has 1 heterocycles. The first kappa shape index (κ1) is 29.2. The predicted molar refractivity (Wildman–Crippen MR) is 161 cm³/mol. The molecule has 1 aromatic heterocycles. The highest BCUT2D eigenvalue weighted by Gasteiger charge is 2.26. The number of aromatic amines is 1. The Kier molecular flexibility index (Phi) is 8.36. The Morgan fingerprint density at radius 2 is 1.72 bits per heavy atom. The minimum Gasteiger partial charge on any atom is -0.497 e. The van der Waals surface area contributed by atoms with Crippen LogP contribution in [0, 0.1) is 17.1 Å². The molecule has 43 heavy (non-hydrogen) atoms. The third-order valence-corrected chi connectivity index (χ3v) is 7.36. The van der Waals surface area contributed by atoms with Crippen LogP contribution < -0.4 is 25.2 Å². The average Bonchev–Trinajstić information content (AvgIpc) is 3.34. The van der Waals surface area contributed by atoms with E-state index in [0.29, 0.717) is 22.8 Å². The number of aromatic nitrogens is 2. The first-order valence-electron chi connectivity index (χ1n) is 13.0. The molecule has 218 valence electrons. The summed E-state index contributed by atoms with van der Waals surface area (Å²) in [5.74, 6) is 0.436. The van der Waals surface area contributed by atoms with Crippen LogP contribution in [-0.4, -0.2) is 36.7 Å². The molecule has 9 nitrogen and oxygen atoms in total. The maximum Gasteiger partial charge on any atom is 0.326 e. The van der Waals surface area contributed by atoms with Crippen LogP contribution in [0.1, 0.15) is 32.6 Å². The molecule has 11 heteroatoms. The molecule has 5 aromatic rings. The predicted octanol–water partition coefficient (Wildman–Crippen LogP) is 5.91. The van der Waals surface area contributed by atoms with Crippen molar-refractivity contribution in [2.24, 2.45) is 0 Å². The first-order valence-corrected chi connectivity index (χ1v) is 13.4. The van der Waals surface area contributed by atoms with E-state index in [1.165, 1.54) is 17.7 Å². The number of nitrogens with one attached hydrogen (secondary N) is 2. The van der Waals surface area contributed by atoms with Crippen molar-refractivity contribution in [3.05, 3.63) is 116 Å². The molecule has 0 atom stereocenters. The molecule has 2 N–H and O–H groups in total. The fourth-order valence-electron chi connectivity index (χ4n) is 4.88. The van der Waals surface area contributed by atoms with Gasteiger partial charge in [-0.2, -0.15) is 5.26 Å². The lowest BCUT2D eigenvalue weighted by Gasteiger charge is -2.17. The van der Waals surface area contributed by atoms with E-state index >= 15 is 0 Å². The van der Waals surface area contributed by atoms with Crippen LogP contribution >= 0.6 is 11.6 Å².